The van der Waals surface area contributed by atoms with Crippen LogP contribution in [0.2, 0.25) is 0 Å². The highest BCUT2D eigenvalue weighted by Gasteiger charge is 2.29. The molecule has 20 heavy (non-hydrogen) atoms. The van der Waals surface area contributed by atoms with E-state index in [9.17, 15) is 4.79 Å². The maximum Gasteiger partial charge on any atom is 0.236 e. The summed E-state index contributed by atoms with van der Waals surface area (Å²) in [5, 5.41) is 0. The van der Waals surface area contributed by atoms with E-state index in [4.69, 9.17) is 5.73 Å². The number of hydrogen-bond acceptors (Lipinski definition) is 3. The summed E-state index contributed by atoms with van der Waals surface area (Å²) in [6, 6.07) is 8.67. The lowest BCUT2D eigenvalue weighted by Crippen LogP contribution is -2.39. The van der Waals surface area contributed by atoms with Crippen LogP contribution >= 0.6 is 0 Å². The van der Waals surface area contributed by atoms with Crippen LogP contribution in [0, 0.1) is 0 Å². The van der Waals surface area contributed by atoms with Gasteiger partial charge in [-0.1, -0.05) is 31.2 Å². The molecule has 0 radical (unpaired) electrons. The first-order valence-electron chi connectivity index (χ1n) is 7.40. The van der Waals surface area contributed by atoms with Gasteiger partial charge in [0.1, 0.15) is 0 Å². The first-order chi connectivity index (χ1) is 9.65. The second-order valence-corrected chi connectivity index (χ2v) is 5.51. The quantitative estimate of drug-likeness (QED) is 0.822. The van der Waals surface area contributed by atoms with Crippen molar-refractivity contribution in [2.45, 2.75) is 38.9 Å². The van der Waals surface area contributed by atoms with E-state index >= 15 is 0 Å². The molecule has 0 atom stereocenters. The van der Waals surface area contributed by atoms with E-state index < -0.39 is 0 Å². The molecule has 0 aliphatic heterocycles. The van der Waals surface area contributed by atoms with Crippen molar-refractivity contribution in [1.29, 1.82) is 0 Å². The molecule has 1 aromatic carbocycles. The highest BCUT2D eigenvalue weighted by atomic mass is 16.2. The Morgan fingerprint density at radius 1 is 1.30 bits per heavy atom. The van der Waals surface area contributed by atoms with E-state index in [-0.39, 0.29) is 5.91 Å². The zero-order valence-corrected chi connectivity index (χ0v) is 12.5. The predicted octanol–water partition coefficient (Wildman–Crippen LogP) is 1.59. The van der Waals surface area contributed by atoms with Crippen molar-refractivity contribution in [2.24, 2.45) is 5.73 Å². The molecule has 2 N–H and O–H groups in total. The number of nitrogens with zero attached hydrogens (tertiary/aromatic N) is 2. The SMILES string of the molecule is CCN(CC(=O)N(C)C1CC1)Cc1ccccc1CN. The van der Waals surface area contributed by atoms with Crippen LogP contribution in [0.25, 0.3) is 0 Å². The van der Waals surface area contributed by atoms with Crippen molar-refractivity contribution in [1.82, 2.24) is 9.80 Å². The Balaban J connectivity index is 1.96. The number of hydrogen-bond donors (Lipinski definition) is 1. The summed E-state index contributed by atoms with van der Waals surface area (Å²) in [6.45, 7) is 4.78. The molecule has 0 aromatic heterocycles. The van der Waals surface area contributed by atoms with Gasteiger partial charge < -0.3 is 10.6 Å². The van der Waals surface area contributed by atoms with Gasteiger partial charge in [-0.25, -0.2) is 0 Å². The lowest BCUT2D eigenvalue weighted by Gasteiger charge is -2.24. The molecule has 4 nitrogen and oxygen atoms in total. The summed E-state index contributed by atoms with van der Waals surface area (Å²) < 4.78 is 0. The van der Waals surface area contributed by atoms with Crippen molar-refractivity contribution < 1.29 is 4.79 Å². The molecule has 1 aliphatic rings. The van der Waals surface area contributed by atoms with E-state index in [0.717, 1.165) is 31.5 Å². The Labute approximate surface area is 121 Å². The first-order valence-corrected chi connectivity index (χ1v) is 7.40. The number of rotatable bonds is 7. The van der Waals surface area contributed by atoms with Crippen LogP contribution in [0.1, 0.15) is 30.9 Å². The van der Waals surface area contributed by atoms with E-state index in [0.29, 0.717) is 19.1 Å². The van der Waals surface area contributed by atoms with Crippen LogP contribution in [0.3, 0.4) is 0 Å². The summed E-state index contributed by atoms with van der Waals surface area (Å²) in [7, 11) is 1.92. The minimum absolute atomic E-state index is 0.222. The smallest absolute Gasteiger partial charge is 0.236 e. The fraction of sp³-hybridized carbons (Fsp3) is 0.562. The molecule has 0 bridgehead atoms. The molecule has 4 heteroatoms. The molecule has 2 rings (SSSR count). The van der Waals surface area contributed by atoms with Crippen molar-refractivity contribution in [3.8, 4) is 0 Å². The van der Waals surface area contributed by atoms with E-state index in [1.807, 2.05) is 24.1 Å². The molecular weight excluding hydrogens is 250 g/mol. The normalized spacial score (nSPS) is 14.6. The molecule has 0 heterocycles. The molecule has 1 aliphatic carbocycles. The molecule has 0 unspecified atom stereocenters. The monoisotopic (exact) mass is 275 g/mol. The van der Waals surface area contributed by atoms with Gasteiger partial charge in [0.15, 0.2) is 0 Å². The standard InChI is InChI=1S/C16H25N3O/c1-3-19(12-16(20)18(2)15-8-9-15)11-14-7-5-4-6-13(14)10-17/h4-7,15H,3,8-12,17H2,1-2H3. The van der Waals surface area contributed by atoms with Crippen LogP contribution in [0.4, 0.5) is 0 Å². The summed E-state index contributed by atoms with van der Waals surface area (Å²) >= 11 is 0. The van der Waals surface area contributed by atoms with Gasteiger partial charge in [0.2, 0.25) is 5.91 Å². The lowest BCUT2D eigenvalue weighted by molar-refractivity contribution is -0.131. The number of nitrogens with two attached hydrogens (primary N) is 1. The van der Waals surface area contributed by atoms with Crippen molar-refractivity contribution in [3.05, 3.63) is 35.4 Å². The number of benzene rings is 1. The second-order valence-electron chi connectivity index (χ2n) is 5.51. The van der Waals surface area contributed by atoms with E-state index in [1.165, 1.54) is 5.56 Å². The van der Waals surface area contributed by atoms with Crippen LogP contribution in [-0.2, 0) is 17.9 Å². The first kappa shape index (κ1) is 15.0. The average Bonchev–Trinajstić information content (AvgIpc) is 3.30. The predicted molar refractivity (Wildman–Crippen MR) is 81.1 cm³/mol. The second kappa shape index (κ2) is 6.86. The van der Waals surface area contributed by atoms with Gasteiger partial charge in [-0.05, 0) is 30.5 Å². The minimum Gasteiger partial charge on any atom is -0.342 e. The number of likely N-dealkylation sites (N-methyl/N-ethyl adjacent to an activating group) is 2. The third kappa shape index (κ3) is 3.81. The molecule has 1 aromatic rings. The summed E-state index contributed by atoms with van der Waals surface area (Å²) in [4.78, 5) is 16.3. The fourth-order valence-corrected chi connectivity index (χ4v) is 2.40. The molecule has 110 valence electrons. The van der Waals surface area contributed by atoms with Gasteiger partial charge in [0.05, 0.1) is 6.54 Å². The van der Waals surface area contributed by atoms with Gasteiger partial charge in [-0.3, -0.25) is 9.69 Å². The Morgan fingerprint density at radius 3 is 2.50 bits per heavy atom. The number of carbonyl (C=O) groups excluding carboxylic acids is 1. The van der Waals surface area contributed by atoms with Crippen molar-refractivity contribution in [3.63, 3.8) is 0 Å². The van der Waals surface area contributed by atoms with Gasteiger partial charge in [-0.2, -0.15) is 0 Å². The van der Waals surface area contributed by atoms with E-state index in [2.05, 4.69) is 24.0 Å². The topological polar surface area (TPSA) is 49.6 Å². The molecule has 1 fully saturated rings. The van der Waals surface area contributed by atoms with Gasteiger partial charge in [0, 0.05) is 26.2 Å². The average molecular weight is 275 g/mol. The zero-order valence-electron chi connectivity index (χ0n) is 12.5. The maximum atomic E-state index is 12.2. The molecular formula is C16H25N3O. The van der Waals surface area contributed by atoms with Crippen molar-refractivity contribution >= 4 is 5.91 Å². The number of carbonyl (C=O) groups is 1. The van der Waals surface area contributed by atoms with Crippen LogP contribution < -0.4 is 5.73 Å². The van der Waals surface area contributed by atoms with E-state index in [1.54, 1.807) is 0 Å². The maximum absolute atomic E-state index is 12.2. The Kier molecular flexibility index (Phi) is 5.15. The third-order valence-corrected chi connectivity index (χ3v) is 4.03. The van der Waals surface area contributed by atoms with Crippen molar-refractivity contribution in [2.75, 3.05) is 20.1 Å². The lowest BCUT2D eigenvalue weighted by atomic mass is 10.1. The summed E-state index contributed by atoms with van der Waals surface area (Å²) in [5.41, 5.74) is 8.15. The highest BCUT2D eigenvalue weighted by Crippen LogP contribution is 2.25. The zero-order chi connectivity index (χ0) is 14.5. The minimum atomic E-state index is 0.222. The number of amides is 1. The largest absolute Gasteiger partial charge is 0.342 e. The molecule has 0 saturated heterocycles. The van der Waals surface area contributed by atoms with Crippen LogP contribution in [0.15, 0.2) is 24.3 Å². The fourth-order valence-electron chi connectivity index (χ4n) is 2.40. The van der Waals surface area contributed by atoms with Crippen LogP contribution in [0.5, 0.6) is 0 Å². The molecule has 1 amide bonds. The van der Waals surface area contributed by atoms with Gasteiger partial charge >= 0.3 is 0 Å². The summed E-state index contributed by atoms with van der Waals surface area (Å²) in [6.07, 6.45) is 2.31. The Morgan fingerprint density at radius 2 is 1.95 bits per heavy atom. The Bertz CT molecular complexity index is 457. The highest BCUT2D eigenvalue weighted by molar-refractivity contribution is 5.78. The molecule has 0 spiro atoms. The third-order valence-electron chi connectivity index (χ3n) is 4.03. The van der Waals surface area contributed by atoms with Gasteiger partial charge in [-0.15, -0.1) is 0 Å². The summed E-state index contributed by atoms with van der Waals surface area (Å²) in [5.74, 6) is 0.222. The molecule has 1 saturated carbocycles. The Hall–Kier alpha value is -1.39. The van der Waals surface area contributed by atoms with Gasteiger partial charge in [0.25, 0.3) is 0 Å². The van der Waals surface area contributed by atoms with Crippen LogP contribution in [-0.4, -0.2) is 41.9 Å².